The molecule has 112 valence electrons. The van der Waals surface area contributed by atoms with Crippen LogP contribution in [0.3, 0.4) is 0 Å². The van der Waals surface area contributed by atoms with Crippen LogP contribution in [0.1, 0.15) is 27.7 Å². The molecule has 0 aliphatic carbocycles. The van der Waals surface area contributed by atoms with Crippen molar-refractivity contribution >= 4 is 5.71 Å². The zero-order valence-corrected chi connectivity index (χ0v) is 13.9. The van der Waals surface area contributed by atoms with Crippen LogP contribution in [0.15, 0.2) is 52.0 Å². The number of nitrogens with zero attached hydrogens (tertiary/aromatic N) is 2. The first-order chi connectivity index (χ1) is 9.97. The van der Waals surface area contributed by atoms with Gasteiger partial charge in [0.2, 0.25) is 0 Å². The lowest BCUT2D eigenvalue weighted by Crippen LogP contribution is -2.08. The molecule has 1 rings (SSSR count). The summed E-state index contributed by atoms with van der Waals surface area (Å²) in [5, 5.41) is 3.28. The monoisotopic (exact) mass is 283 g/mol. The Balaban J connectivity index is 2.84. The summed E-state index contributed by atoms with van der Waals surface area (Å²) in [4.78, 5) is 6.52. The third kappa shape index (κ3) is 5.35. The van der Waals surface area contributed by atoms with Gasteiger partial charge in [-0.15, -0.1) is 0 Å². The Morgan fingerprint density at radius 3 is 2.62 bits per heavy atom. The normalized spacial score (nSPS) is 19.2. The van der Waals surface area contributed by atoms with Gasteiger partial charge in [-0.1, -0.05) is 12.0 Å². The fraction of sp³-hybridized carbons (Fsp3) is 0.389. The zero-order chi connectivity index (χ0) is 15.8. The molecule has 3 nitrogen and oxygen atoms in total. The van der Waals surface area contributed by atoms with E-state index in [0.717, 1.165) is 29.2 Å². The number of aliphatic imine (C=N–C) groups is 1. The molecule has 1 aliphatic heterocycles. The van der Waals surface area contributed by atoms with Crippen LogP contribution in [0.25, 0.3) is 0 Å². The smallest absolute Gasteiger partial charge is 0.0923 e. The summed E-state index contributed by atoms with van der Waals surface area (Å²) in [7, 11) is 4.06. The minimum absolute atomic E-state index is 0.777. The van der Waals surface area contributed by atoms with Crippen LogP contribution in [0.5, 0.6) is 0 Å². The van der Waals surface area contributed by atoms with E-state index in [-0.39, 0.29) is 0 Å². The molecule has 0 bridgehead atoms. The van der Waals surface area contributed by atoms with Gasteiger partial charge in [0.15, 0.2) is 0 Å². The Morgan fingerprint density at radius 2 is 2.05 bits per heavy atom. The fourth-order valence-electron chi connectivity index (χ4n) is 1.65. The van der Waals surface area contributed by atoms with Gasteiger partial charge in [-0.25, -0.2) is 0 Å². The second kappa shape index (κ2) is 8.16. The van der Waals surface area contributed by atoms with E-state index in [9.17, 15) is 0 Å². The molecule has 1 aliphatic rings. The Bertz CT molecular complexity index is 588. The van der Waals surface area contributed by atoms with E-state index >= 15 is 0 Å². The summed E-state index contributed by atoms with van der Waals surface area (Å²) in [5.41, 5.74) is 5.14. The van der Waals surface area contributed by atoms with E-state index in [1.54, 1.807) is 0 Å². The minimum atomic E-state index is 0.777. The van der Waals surface area contributed by atoms with E-state index < -0.39 is 0 Å². The fourth-order valence-corrected chi connectivity index (χ4v) is 1.65. The van der Waals surface area contributed by atoms with E-state index in [2.05, 4.69) is 40.0 Å². The van der Waals surface area contributed by atoms with Gasteiger partial charge in [-0.05, 0) is 57.4 Å². The van der Waals surface area contributed by atoms with Crippen LogP contribution in [-0.2, 0) is 0 Å². The highest BCUT2D eigenvalue weighted by atomic mass is 15.1. The molecule has 0 saturated heterocycles. The molecule has 0 aromatic carbocycles. The van der Waals surface area contributed by atoms with Gasteiger partial charge in [-0.3, -0.25) is 4.99 Å². The molecule has 0 aromatic heterocycles. The highest BCUT2D eigenvalue weighted by molar-refractivity contribution is 6.11. The van der Waals surface area contributed by atoms with Crippen molar-refractivity contribution in [3.8, 4) is 11.8 Å². The van der Waals surface area contributed by atoms with Crippen molar-refractivity contribution < 1.29 is 0 Å². The SMILES string of the molecule is C/C=C1/NC(C#C/C(C)=C/C=C(\C)N(C)C)=CC1=NCC. The minimum Gasteiger partial charge on any atom is -0.381 e. The van der Waals surface area contributed by atoms with Crippen molar-refractivity contribution in [2.75, 3.05) is 20.6 Å². The Labute approximate surface area is 128 Å². The van der Waals surface area contributed by atoms with Crippen molar-refractivity contribution in [1.29, 1.82) is 0 Å². The zero-order valence-electron chi connectivity index (χ0n) is 13.9. The van der Waals surface area contributed by atoms with Gasteiger partial charge in [-0.2, -0.15) is 0 Å². The molecule has 0 fully saturated rings. The first kappa shape index (κ1) is 16.8. The van der Waals surface area contributed by atoms with Crippen LogP contribution in [0.2, 0.25) is 0 Å². The summed E-state index contributed by atoms with van der Waals surface area (Å²) in [6.45, 7) is 8.89. The number of nitrogens with one attached hydrogen (secondary N) is 1. The standard InChI is InChI=1S/C18H25N3/c1-7-17-18(19-8-2)13-16(20-17)12-10-14(3)9-11-15(4)21(5)6/h7,9,11,13,20H,8H2,1-6H3/b14-9+,15-11+,17-7+,19-18?. The largest absolute Gasteiger partial charge is 0.381 e. The molecule has 1 N–H and O–H groups in total. The van der Waals surface area contributed by atoms with Crippen LogP contribution >= 0.6 is 0 Å². The van der Waals surface area contributed by atoms with Crippen LogP contribution < -0.4 is 5.32 Å². The summed E-state index contributed by atoms with van der Waals surface area (Å²) in [5.74, 6) is 6.32. The number of hydrogen-bond donors (Lipinski definition) is 1. The van der Waals surface area contributed by atoms with E-state index in [1.165, 1.54) is 5.70 Å². The number of rotatable bonds is 3. The molecule has 21 heavy (non-hydrogen) atoms. The highest BCUT2D eigenvalue weighted by Crippen LogP contribution is 2.10. The molecule has 0 radical (unpaired) electrons. The summed E-state index contributed by atoms with van der Waals surface area (Å²) in [6, 6.07) is 0. The average molecular weight is 283 g/mol. The lowest BCUT2D eigenvalue weighted by Gasteiger charge is -2.10. The molecular formula is C18H25N3. The maximum absolute atomic E-state index is 4.44. The van der Waals surface area contributed by atoms with Gasteiger partial charge in [0, 0.05) is 26.3 Å². The first-order valence-electron chi connectivity index (χ1n) is 7.22. The molecule has 0 atom stereocenters. The van der Waals surface area contributed by atoms with Gasteiger partial charge in [0.25, 0.3) is 0 Å². The summed E-state index contributed by atoms with van der Waals surface area (Å²) >= 11 is 0. The first-order valence-corrected chi connectivity index (χ1v) is 7.22. The van der Waals surface area contributed by atoms with Crippen molar-refractivity contribution in [1.82, 2.24) is 10.2 Å². The predicted molar refractivity (Wildman–Crippen MR) is 91.9 cm³/mol. The van der Waals surface area contributed by atoms with Crippen molar-refractivity contribution in [2.24, 2.45) is 4.99 Å². The molecular weight excluding hydrogens is 258 g/mol. The number of allylic oxidation sites excluding steroid dienone is 7. The van der Waals surface area contributed by atoms with Crippen molar-refractivity contribution in [3.63, 3.8) is 0 Å². The lowest BCUT2D eigenvalue weighted by atomic mass is 10.2. The van der Waals surface area contributed by atoms with Crippen LogP contribution in [-0.4, -0.2) is 31.3 Å². The lowest BCUT2D eigenvalue weighted by molar-refractivity contribution is 0.514. The maximum atomic E-state index is 4.44. The summed E-state index contributed by atoms with van der Waals surface area (Å²) < 4.78 is 0. The molecule has 0 amide bonds. The second-order valence-corrected chi connectivity index (χ2v) is 5.05. The maximum Gasteiger partial charge on any atom is 0.0923 e. The van der Waals surface area contributed by atoms with E-state index in [1.807, 2.05) is 53.1 Å². The Kier molecular flexibility index (Phi) is 6.55. The molecule has 1 heterocycles. The highest BCUT2D eigenvalue weighted by Gasteiger charge is 2.12. The summed E-state index contributed by atoms with van der Waals surface area (Å²) in [6.07, 6.45) is 8.13. The van der Waals surface area contributed by atoms with Gasteiger partial charge in [0.05, 0.1) is 17.1 Å². The average Bonchev–Trinajstić information content (AvgIpc) is 2.85. The van der Waals surface area contributed by atoms with Gasteiger partial charge >= 0.3 is 0 Å². The van der Waals surface area contributed by atoms with Crippen LogP contribution in [0, 0.1) is 11.8 Å². The topological polar surface area (TPSA) is 27.6 Å². The predicted octanol–water partition coefficient (Wildman–Crippen LogP) is 3.25. The molecule has 3 heteroatoms. The van der Waals surface area contributed by atoms with Gasteiger partial charge < -0.3 is 10.2 Å². The van der Waals surface area contributed by atoms with Crippen molar-refractivity contribution in [2.45, 2.75) is 27.7 Å². The molecule has 0 saturated carbocycles. The molecule has 0 unspecified atom stereocenters. The third-order valence-electron chi connectivity index (χ3n) is 3.12. The van der Waals surface area contributed by atoms with Crippen molar-refractivity contribution in [3.05, 3.63) is 47.0 Å². The number of hydrogen-bond acceptors (Lipinski definition) is 3. The Morgan fingerprint density at radius 1 is 1.33 bits per heavy atom. The second-order valence-electron chi connectivity index (χ2n) is 5.05. The van der Waals surface area contributed by atoms with Gasteiger partial charge in [0.1, 0.15) is 0 Å². The quantitative estimate of drug-likeness (QED) is 0.636. The van der Waals surface area contributed by atoms with E-state index in [0.29, 0.717) is 0 Å². The van der Waals surface area contributed by atoms with Crippen LogP contribution in [0.4, 0.5) is 0 Å². The molecule has 0 aromatic rings. The third-order valence-corrected chi connectivity index (χ3v) is 3.12. The van der Waals surface area contributed by atoms with E-state index in [4.69, 9.17) is 0 Å². The Hall–Kier alpha value is -2.21. The molecule has 0 spiro atoms.